The molecule has 3 N–H and O–H groups in total. The minimum Gasteiger partial charge on any atom is -0.391 e. The smallest absolute Gasteiger partial charge is 0.277 e. The molecule has 2 aliphatic heterocycles. The number of nitrogens with one attached hydrogen (secondary N) is 2. The van der Waals surface area contributed by atoms with E-state index in [-0.39, 0.29) is 24.8 Å². The Morgan fingerprint density at radius 2 is 1.95 bits per heavy atom. The van der Waals surface area contributed by atoms with Gasteiger partial charge in [-0.05, 0) is 43.2 Å². The average Bonchev–Trinajstić information content (AvgIpc) is 3.28. The lowest BCUT2D eigenvalue weighted by atomic mass is 9.85. The normalized spacial score (nSPS) is 26.1. The number of hydrogen-bond donors (Lipinski definition) is 3. The van der Waals surface area contributed by atoms with Crippen LogP contribution in [0.15, 0.2) is 34.8 Å². The predicted molar refractivity (Wildman–Crippen MR) is 150 cm³/mol. The molecule has 1 saturated carbocycles. The number of carbonyl (C=O) groups excluding carboxylic acids is 3. The number of thiazole rings is 1. The zero-order valence-corrected chi connectivity index (χ0v) is 24.1. The molecule has 0 radical (unpaired) electrons. The van der Waals surface area contributed by atoms with E-state index in [0.717, 1.165) is 21.7 Å². The SMILES string of the molecule is Cc1ncsc1-c1ccc(C2(C)NC(C3CC(O)CN3C(=O)C(NC(=O)C3(C#N)CC3)C(C)(C)C)=NC2=O)cc1. The molecule has 1 aromatic carbocycles. The van der Waals surface area contributed by atoms with Crippen LogP contribution < -0.4 is 10.6 Å². The van der Waals surface area contributed by atoms with Gasteiger partial charge in [-0.15, -0.1) is 11.3 Å². The van der Waals surface area contributed by atoms with Crippen LogP contribution in [0.25, 0.3) is 10.4 Å². The van der Waals surface area contributed by atoms with Gasteiger partial charge in [-0.3, -0.25) is 14.4 Å². The molecule has 4 atom stereocenters. The van der Waals surface area contributed by atoms with E-state index in [1.165, 1.54) is 4.90 Å². The summed E-state index contributed by atoms with van der Waals surface area (Å²) in [5.41, 5.74) is 1.60. The number of aliphatic imine (C=N–C) groups is 1. The molecule has 10 nitrogen and oxygen atoms in total. The van der Waals surface area contributed by atoms with E-state index >= 15 is 0 Å². The molecule has 3 aliphatic rings. The number of aromatic nitrogens is 1. The number of aryl methyl sites for hydroxylation is 1. The second-order valence-electron chi connectivity index (χ2n) is 12.3. The zero-order valence-electron chi connectivity index (χ0n) is 23.3. The van der Waals surface area contributed by atoms with Crippen LogP contribution in [0, 0.1) is 29.1 Å². The molecule has 2 fully saturated rings. The molecule has 210 valence electrons. The summed E-state index contributed by atoms with van der Waals surface area (Å²) in [7, 11) is 0. The molecular formula is C29H34N6O4S. The summed E-state index contributed by atoms with van der Waals surface area (Å²) in [4.78, 5) is 51.3. The number of nitrogens with zero attached hydrogens (tertiary/aromatic N) is 4. The number of likely N-dealkylation sites (tertiary alicyclic amines) is 1. The van der Waals surface area contributed by atoms with Gasteiger partial charge in [0.25, 0.3) is 5.91 Å². The fourth-order valence-corrected chi connectivity index (χ4v) is 6.17. The molecule has 1 aliphatic carbocycles. The van der Waals surface area contributed by atoms with Crippen molar-refractivity contribution in [3.8, 4) is 16.5 Å². The quantitative estimate of drug-likeness (QED) is 0.490. The van der Waals surface area contributed by atoms with Crippen LogP contribution in [0.4, 0.5) is 0 Å². The molecule has 2 aromatic rings. The molecule has 0 spiro atoms. The summed E-state index contributed by atoms with van der Waals surface area (Å²) in [6, 6.07) is 8.16. The van der Waals surface area contributed by atoms with Crippen molar-refractivity contribution in [3.05, 3.63) is 41.0 Å². The van der Waals surface area contributed by atoms with Crippen molar-refractivity contribution < 1.29 is 19.5 Å². The predicted octanol–water partition coefficient (Wildman–Crippen LogP) is 2.66. The summed E-state index contributed by atoms with van der Waals surface area (Å²) in [6.45, 7) is 9.27. The molecule has 40 heavy (non-hydrogen) atoms. The van der Waals surface area contributed by atoms with E-state index in [1.54, 1.807) is 23.8 Å². The Kier molecular flexibility index (Phi) is 6.83. The third kappa shape index (κ3) is 4.80. The Bertz CT molecular complexity index is 1430. The maximum atomic E-state index is 13.9. The lowest BCUT2D eigenvalue weighted by Crippen LogP contribution is -2.59. The number of amides is 3. The van der Waals surface area contributed by atoms with Gasteiger partial charge in [0, 0.05) is 13.0 Å². The number of β-amino-alcohol motifs (C(OH)–C–C–N with tert-alkyl or cyclic N) is 1. The van der Waals surface area contributed by atoms with Gasteiger partial charge >= 0.3 is 0 Å². The number of nitriles is 1. The molecule has 3 amide bonds. The summed E-state index contributed by atoms with van der Waals surface area (Å²) in [6.07, 6.45) is 0.333. The molecule has 1 aromatic heterocycles. The Morgan fingerprint density at radius 3 is 2.50 bits per heavy atom. The first-order chi connectivity index (χ1) is 18.8. The van der Waals surface area contributed by atoms with E-state index in [9.17, 15) is 24.8 Å². The van der Waals surface area contributed by atoms with Gasteiger partial charge in [-0.1, -0.05) is 45.0 Å². The van der Waals surface area contributed by atoms with Crippen molar-refractivity contribution in [1.82, 2.24) is 20.5 Å². The highest BCUT2D eigenvalue weighted by atomic mass is 32.1. The van der Waals surface area contributed by atoms with Crippen molar-refractivity contribution in [3.63, 3.8) is 0 Å². The Balaban J connectivity index is 1.37. The van der Waals surface area contributed by atoms with Crippen LogP contribution in [0.5, 0.6) is 0 Å². The standard InChI is InChI=1S/C29H34N6O4S/c1-16-21(40-15-31-16)17-6-8-18(9-7-17)28(5)25(38)33-23(34-28)20-12-19(36)13-35(20)24(37)22(27(2,3)4)32-26(39)29(14-30)10-11-29/h6-9,15,19-20,22,36H,10-13H2,1-5H3,(H,32,39)(H,33,34,38). The van der Waals surface area contributed by atoms with Gasteiger partial charge in [0.15, 0.2) is 0 Å². The van der Waals surface area contributed by atoms with Crippen molar-refractivity contribution in [2.45, 2.75) is 77.6 Å². The van der Waals surface area contributed by atoms with Gasteiger partial charge in [0.2, 0.25) is 11.8 Å². The monoisotopic (exact) mass is 562 g/mol. The van der Waals surface area contributed by atoms with Crippen LogP contribution >= 0.6 is 11.3 Å². The number of aliphatic hydroxyl groups is 1. The van der Waals surface area contributed by atoms with Crippen molar-refractivity contribution in [2.75, 3.05) is 6.54 Å². The Hall–Kier alpha value is -3.62. The largest absolute Gasteiger partial charge is 0.391 e. The van der Waals surface area contributed by atoms with Crippen LogP contribution in [-0.4, -0.2) is 63.3 Å². The van der Waals surface area contributed by atoms with Gasteiger partial charge in [0.05, 0.1) is 34.3 Å². The number of benzene rings is 1. The topological polar surface area (TPSA) is 148 Å². The van der Waals surface area contributed by atoms with Crippen molar-refractivity contribution in [2.24, 2.45) is 15.8 Å². The third-order valence-corrected chi connectivity index (χ3v) is 9.14. The summed E-state index contributed by atoms with van der Waals surface area (Å²) in [5, 5.41) is 26.1. The third-order valence-electron chi connectivity index (χ3n) is 8.16. The van der Waals surface area contributed by atoms with E-state index < -0.39 is 40.5 Å². The van der Waals surface area contributed by atoms with Crippen LogP contribution in [-0.2, 0) is 19.9 Å². The minimum absolute atomic E-state index is 0.0455. The maximum Gasteiger partial charge on any atom is 0.277 e. The van der Waals surface area contributed by atoms with E-state index in [4.69, 9.17) is 0 Å². The van der Waals surface area contributed by atoms with E-state index in [0.29, 0.717) is 18.7 Å². The molecule has 5 rings (SSSR count). The highest BCUT2D eigenvalue weighted by Gasteiger charge is 2.54. The number of hydrogen-bond acceptors (Lipinski definition) is 8. The summed E-state index contributed by atoms with van der Waals surface area (Å²) >= 11 is 1.55. The van der Waals surface area contributed by atoms with Crippen LogP contribution in [0.2, 0.25) is 0 Å². The van der Waals surface area contributed by atoms with Gasteiger partial charge in [0.1, 0.15) is 22.8 Å². The van der Waals surface area contributed by atoms with Crippen molar-refractivity contribution in [1.29, 1.82) is 5.26 Å². The fraction of sp³-hybridized carbons (Fsp3) is 0.517. The zero-order chi connectivity index (χ0) is 29.0. The molecule has 1 saturated heterocycles. The second-order valence-corrected chi connectivity index (χ2v) is 13.1. The lowest BCUT2D eigenvalue weighted by Gasteiger charge is -2.36. The Morgan fingerprint density at radius 1 is 1.27 bits per heavy atom. The molecule has 0 bridgehead atoms. The van der Waals surface area contributed by atoms with E-state index in [2.05, 4.69) is 26.7 Å². The number of rotatable bonds is 6. The lowest BCUT2D eigenvalue weighted by molar-refractivity contribution is -0.140. The van der Waals surface area contributed by atoms with Gasteiger partial charge in [-0.2, -0.15) is 10.3 Å². The first kappa shape index (κ1) is 27.9. The summed E-state index contributed by atoms with van der Waals surface area (Å²) < 4.78 is 0. The molecule has 4 unspecified atom stereocenters. The molecule has 11 heteroatoms. The van der Waals surface area contributed by atoms with Crippen LogP contribution in [0.1, 0.15) is 58.2 Å². The average molecular weight is 563 g/mol. The highest BCUT2D eigenvalue weighted by Crippen LogP contribution is 2.45. The fourth-order valence-electron chi connectivity index (χ4n) is 5.36. The first-order valence-electron chi connectivity index (χ1n) is 13.4. The molecule has 3 heterocycles. The highest BCUT2D eigenvalue weighted by molar-refractivity contribution is 7.13. The summed E-state index contributed by atoms with van der Waals surface area (Å²) in [5.74, 6) is -0.903. The molecular weight excluding hydrogens is 528 g/mol. The number of aliphatic hydroxyl groups excluding tert-OH is 1. The van der Waals surface area contributed by atoms with Crippen molar-refractivity contribution >= 4 is 34.9 Å². The number of carbonyl (C=O) groups is 3. The van der Waals surface area contributed by atoms with Crippen LogP contribution in [0.3, 0.4) is 0 Å². The maximum absolute atomic E-state index is 13.9. The van der Waals surface area contributed by atoms with Gasteiger partial charge < -0.3 is 20.6 Å². The minimum atomic E-state index is -1.14. The first-order valence-corrected chi connectivity index (χ1v) is 14.3. The Labute approximate surface area is 237 Å². The van der Waals surface area contributed by atoms with E-state index in [1.807, 2.05) is 52.0 Å². The second kappa shape index (κ2) is 9.78. The van der Waals surface area contributed by atoms with Gasteiger partial charge in [-0.25, -0.2) is 4.98 Å². The number of amidine groups is 1.